The third-order valence-corrected chi connectivity index (χ3v) is 4.16. The van der Waals surface area contributed by atoms with E-state index in [2.05, 4.69) is 31.0 Å². The number of hydrogen-bond acceptors (Lipinski definition) is 3. The van der Waals surface area contributed by atoms with Crippen LogP contribution in [0.2, 0.25) is 5.02 Å². The van der Waals surface area contributed by atoms with Gasteiger partial charge in [-0.3, -0.25) is 0 Å². The molecule has 1 fully saturated rings. The van der Waals surface area contributed by atoms with Crippen LogP contribution >= 0.6 is 11.6 Å². The fourth-order valence-corrected chi connectivity index (χ4v) is 2.80. The predicted octanol–water partition coefficient (Wildman–Crippen LogP) is 3.56. The highest BCUT2D eigenvalue weighted by atomic mass is 35.5. The maximum Gasteiger partial charge on any atom is 0.142 e. The zero-order valence-corrected chi connectivity index (χ0v) is 13.6. The summed E-state index contributed by atoms with van der Waals surface area (Å²) in [6.07, 6.45) is 1.13. The first-order chi connectivity index (χ1) is 9.41. The van der Waals surface area contributed by atoms with E-state index in [1.54, 1.807) is 7.11 Å². The molecule has 1 aromatic rings. The zero-order valence-electron chi connectivity index (χ0n) is 12.9. The average molecular weight is 297 g/mol. The second-order valence-corrected chi connectivity index (χ2v) is 6.92. The van der Waals surface area contributed by atoms with Crippen molar-refractivity contribution in [2.75, 3.05) is 31.6 Å². The lowest BCUT2D eigenvalue weighted by atomic mass is 9.86. The monoisotopic (exact) mass is 296 g/mol. The van der Waals surface area contributed by atoms with Gasteiger partial charge in [-0.1, -0.05) is 32.4 Å². The van der Waals surface area contributed by atoms with Gasteiger partial charge in [-0.2, -0.15) is 0 Å². The molecule has 0 radical (unpaired) electrons. The molecule has 1 aliphatic heterocycles. The summed E-state index contributed by atoms with van der Waals surface area (Å²) >= 11 is 6.16. The Morgan fingerprint density at radius 3 is 2.75 bits per heavy atom. The quantitative estimate of drug-likeness (QED) is 0.903. The van der Waals surface area contributed by atoms with E-state index in [-0.39, 0.29) is 5.41 Å². The van der Waals surface area contributed by atoms with Gasteiger partial charge in [0.15, 0.2) is 0 Å². The number of nitrogens with one attached hydrogen (secondary N) is 1. The van der Waals surface area contributed by atoms with Crippen molar-refractivity contribution in [2.45, 2.75) is 33.2 Å². The van der Waals surface area contributed by atoms with E-state index in [4.69, 9.17) is 16.3 Å². The van der Waals surface area contributed by atoms with E-state index in [9.17, 15) is 0 Å². The molecule has 1 aromatic carbocycles. The van der Waals surface area contributed by atoms with Crippen molar-refractivity contribution >= 4 is 17.3 Å². The molecule has 0 bridgehead atoms. The van der Waals surface area contributed by atoms with Crippen molar-refractivity contribution < 1.29 is 4.74 Å². The molecule has 0 amide bonds. The van der Waals surface area contributed by atoms with Crippen molar-refractivity contribution in [3.05, 3.63) is 23.2 Å². The van der Waals surface area contributed by atoms with E-state index in [0.29, 0.717) is 6.04 Å². The van der Waals surface area contributed by atoms with Crippen LogP contribution in [-0.2, 0) is 0 Å². The normalized spacial score (nSPS) is 20.6. The van der Waals surface area contributed by atoms with Crippen molar-refractivity contribution in [1.82, 2.24) is 5.32 Å². The Kier molecular flexibility index (Phi) is 4.82. The molecule has 0 saturated carbocycles. The molecule has 1 aliphatic rings. The van der Waals surface area contributed by atoms with Crippen LogP contribution < -0.4 is 15.0 Å². The molecule has 20 heavy (non-hydrogen) atoms. The average Bonchev–Trinajstić information content (AvgIpc) is 2.64. The first-order valence-electron chi connectivity index (χ1n) is 7.23. The fraction of sp³-hybridized carbons (Fsp3) is 0.625. The van der Waals surface area contributed by atoms with E-state index in [0.717, 1.165) is 42.5 Å². The van der Waals surface area contributed by atoms with Crippen LogP contribution in [0.4, 0.5) is 5.69 Å². The molecule has 0 spiro atoms. The Morgan fingerprint density at radius 2 is 2.10 bits per heavy atom. The van der Waals surface area contributed by atoms with Crippen molar-refractivity contribution in [1.29, 1.82) is 0 Å². The third-order valence-electron chi connectivity index (χ3n) is 3.93. The molecule has 1 N–H and O–H groups in total. The SMILES string of the molecule is COc1ccc(Cl)cc1N1CCCNC(C(C)(C)C)C1. The van der Waals surface area contributed by atoms with Gasteiger partial charge in [0.2, 0.25) is 0 Å². The van der Waals surface area contributed by atoms with Gasteiger partial charge in [0.25, 0.3) is 0 Å². The first-order valence-corrected chi connectivity index (χ1v) is 7.61. The molecular weight excluding hydrogens is 272 g/mol. The second kappa shape index (κ2) is 6.23. The highest BCUT2D eigenvalue weighted by Crippen LogP contribution is 2.33. The minimum absolute atomic E-state index is 0.231. The van der Waals surface area contributed by atoms with Crippen LogP contribution in [0.3, 0.4) is 0 Å². The van der Waals surface area contributed by atoms with E-state index in [1.165, 1.54) is 0 Å². The molecule has 0 aromatic heterocycles. The van der Waals surface area contributed by atoms with E-state index >= 15 is 0 Å². The maximum atomic E-state index is 6.16. The minimum Gasteiger partial charge on any atom is -0.495 e. The van der Waals surface area contributed by atoms with Crippen molar-refractivity contribution in [3.8, 4) is 5.75 Å². The summed E-state index contributed by atoms with van der Waals surface area (Å²) in [4.78, 5) is 2.39. The fourth-order valence-electron chi connectivity index (χ4n) is 2.63. The number of methoxy groups -OCH3 is 1. The molecule has 4 heteroatoms. The Morgan fingerprint density at radius 1 is 1.35 bits per heavy atom. The summed E-state index contributed by atoms with van der Waals surface area (Å²) in [5.41, 5.74) is 1.33. The molecule has 112 valence electrons. The largest absolute Gasteiger partial charge is 0.495 e. The van der Waals surface area contributed by atoms with Crippen LogP contribution in [0.5, 0.6) is 5.75 Å². The summed E-state index contributed by atoms with van der Waals surface area (Å²) in [7, 11) is 1.71. The van der Waals surface area contributed by atoms with Gasteiger partial charge < -0.3 is 15.0 Å². The smallest absolute Gasteiger partial charge is 0.142 e. The number of anilines is 1. The summed E-state index contributed by atoms with van der Waals surface area (Å²) in [6, 6.07) is 6.28. The molecule has 1 atom stereocenters. The summed E-state index contributed by atoms with van der Waals surface area (Å²) in [6.45, 7) is 9.90. The highest BCUT2D eigenvalue weighted by molar-refractivity contribution is 6.30. The first kappa shape index (κ1) is 15.5. The molecule has 2 rings (SSSR count). The van der Waals surface area contributed by atoms with Gasteiger partial charge >= 0.3 is 0 Å². The van der Waals surface area contributed by atoms with Gasteiger partial charge in [0, 0.05) is 24.2 Å². The van der Waals surface area contributed by atoms with Gasteiger partial charge in [-0.25, -0.2) is 0 Å². The summed E-state index contributed by atoms with van der Waals surface area (Å²) < 4.78 is 5.49. The standard InChI is InChI=1S/C16H25ClN2O/c1-16(2,3)15-11-19(9-5-8-18-15)13-10-12(17)6-7-14(13)20-4/h6-7,10,15,18H,5,8-9,11H2,1-4H3. The zero-order chi connectivity index (χ0) is 14.8. The number of halogens is 1. The van der Waals surface area contributed by atoms with Gasteiger partial charge in [-0.15, -0.1) is 0 Å². The molecular formula is C16H25ClN2O. The Hall–Kier alpha value is -0.930. The lowest BCUT2D eigenvalue weighted by molar-refractivity contribution is 0.280. The number of hydrogen-bond donors (Lipinski definition) is 1. The molecule has 0 aliphatic carbocycles. The number of benzene rings is 1. The van der Waals surface area contributed by atoms with Gasteiger partial charge in [0.05, 0.1) is 12.8 Å². The lowest BCUT2D eigenvalue weighted by Gasteiger charge is -2.35. The maximum absolute atomic E-state index is 6.16. The number of ether oxygens (including phenoxy) is 1. The Bertz CT molecular complexity index is 456. The van der Waals surface area contributed by atoms with Crippen LogP contribution in [0.25, 0.3) is 0 Å². The van der Waals surface area contributed by atoms with Gasteiger partial charge in [0.1, 0.15) is 5.75 Å². The molecule has 3 nitrogen and oxygen atoms in total. The number of nitrogens with zero attached hydrogens (tertiary/aromatic N) is 1. The third kappa shape index (κ3) is 3.58. The minimum atomic E-state index is 0.231. The van der Waals surface area contributed by atoms with Crippen molar-refractivity contribution in [3.63, 3.8) is 0 Å². The van der Waals surface area contributed by atoms with Crippen LogP contribution in [0.1, 0.15) is 27.2 Å². The highest BCUT2D eigenvalue weighted by Gasteiger charge is 2.29. The van der Waals surface area contributed by atoms with Crippen LogP contribution in [0.15, 0.2) is 18.2 Å². The Balaban J connectivity index is 2.28. The molecule has 1 unspecified atom stereocenters. The van der Waals surface area contributed by atoms with Crippen LogP contribution in [-0.4, -0.2) is 32.8 Å². The predicted molar refractivity (Wildman–Crippen MR) is 86.1 cm³/mol. The lowest BCUT2D eigenvalue weighted by Crippen LogP contribution is -2.46. The molecule has 1 saturated heterocycles. The molecule has 1 heterocycles. The Labute approximate surface area is 127 Å². The summed E-state index contributed by atoms with van der Waals surface area (Å²) in [5, 5.41) is 4.41. The van der Waals surface area contributed by atoms with Crippen LogP contribution in [0, 0.1) is 5.41 Å². The van der Waals surface area contributed by atoms with Gasteiger partial charge in [-0.05, 0) is 36.6 Å². The number of rotatable bonds is 2. The van der Waals surface area contributed by atoms with E-state index < -0.39 is 0 Å². The second-order valence-electron chi connectivity index (χ2n) is 6.49. The van der Waals surface area contributed by atoms with E-state index in [1.807, 2.05) is 18.2 Å². The van der Waals surface area contributed by atoms with Crippen molar-refractivity contribution in [2.24, 2.45) is 5.41 Å². The summed E-state index contributed by atoms with van der Waals surface area (Å²) in [5.74, 6) is 0.893. The topological polar surface area (TPSA) is 24.5 Å².